The van der Waals surface area contributed by atoms with E-state index in [2.05, 4.69) is 5.32 Å². The van der Waals surface area contributed by atoms with Crippen LogP contribution in [0.4, 0.5) is 0 Å². The van der Waals surface area contributed by atoms with Crippen LogP contribution in [0.15, 0.2) is 78.9 Å². The highest BCUT2D eigenvalue weighted by molar-refractivity contribution is 6.06. The summed E-state index contributed by atoms with van der Waals surface area (Å²) >= 11 is 0. The van der Waals surface area contributed by atoms with E-state index in [-0.39, 0.29) is 12.0 Å². The van der Waals surface area contributed by atoms with Gasteiger partial charge in [0.2, 0.25) is 0 Å². The molecule has 30 heavy (non-hydrogen) atoms. The van der Waals surface area contributed by atoms with E-state index in [0.717, 1.165) is 16.7 Å². The van der Waals surface area contributed by atoms with Crippen LogP contribution in [-0.2, 0) is 20.7 Å². The van der Waals surface area contributed by atoms with Crippen molar-refractivity contribution in [3.63, 3.8) is 0 Å². The maximum atomic E-state index is 12.2. The molecule has 6 heteroatoms. The Morgan fingerprint density at radius 2 is 1.43 bits per heavy atom. The fourth-order valence-corrected chi connectivity index (χ4v) is 2.87. The molecule has 0 heterocycles. The molecular formula is C24H21NO5. The molecule has 6 nitrogen and oxygen atoms in total. The Labute approximate surface area is 174 Å². The van der Waals surface area contributed by atoms with E-state index in [1.807, 2.05) is 54.6 Å². The zero-order chi connectivity index (χ0) is 21.3. The van der Waals surface area contributed by atoms with E-state index in [9.17, 15) is 14.4 Å². The highest BCUT2D eigenvalue weighted by atomic mass is 16.5. The lowest BCUT2D eigenvalue weighted by Crippen LogP contribution is -2.34. The maximum Gasteiger partial charge on any atom is 0.310 e. The molecule has 0 unspecified atom stereocenters. The van der Waals surface area contributed by atoms with Crippen molar-refractivity contribution in [2.45, 2.75) is 6.42 Å². The smallest absolute Gasteiger partial charge is 0.310 e. The van der Waals surface area contributed by atoms with Crippen LogP contribution < -0.4 is 10.1 Å². The van der Waals surface area contributed by atoms with Crippen LogP contribution in [0, 0.1) is 0 Å². The van der Waals surface area contributed by atoms with Crippen molar-refractivity contribution in [2.24, 2.45) is 0 Å². The summed E-state index contributed by atoms with van der Waals surface area (Å²) < 4.78 is 10.1. The first-order valence-electron chi connectivity index (χ1n) is 9.34. The molecule has 0 aliphatic carbocycles. The molecule has 0 spiro atoms. The summed E-state index contributed by atoms with van der Waals surface area (Å²) in [6.45, 7) is -0.540. The molecule has 0 radical (unpaired) electrons. The summed E-state index contributed by atoms with van der Waals surface area (Å²) in [5, 5.41) is 2.18. The molecule has 0 aromatic heterocycles. The zero-order valence-corrected chi connectivity index (χ0v) is 16.5. The van der Waals surface area contributed by atoms with Gasteiger partial charge in [0.05, 0.1) is 19.1 Å². The Kier molecular flexibility index (Phi) is 6.95. The number of carbonyl (C=O) groups excluding carboxylic acids is 3. The number of benzene rings is 3. The molecule has 0 aliphatic heterocycles. The Bertz CT molecular complexity index is 1030. The largest absolute Gasteiger partial charge is 0.496 e. The molecule has 0 bridgehead atoms. The van der Waals surface area contributed by atoms with E-state index in [4.69, 9.17) is 9.47 Å². The Balaban J connectivity index is 1.48. The molecule has 0 atom stereocenters. The van der Waals surface area contributed by atoms with E-state index < -0.39 is 24.4 Å². The van der Waals surface area contributed by atoms with Crippen LogP contribution in [0.2, 0.25) is 0 Å². The molecule has 1 N–H and O–H groups in total. The third kappa shape index (κ3) is 5.54. The minimum atomic E-state index is -0.710. The number of hydrogen-bond acceptors (Lipinski definition) is 5. The molecule has 0 aliphatic rings. The summed E-state index contributed by atoms with van der Waals surface area (Å²) in [6.07, 6.45) is 0.0306. The van der Waals surface area contributed by atoms with Gasteiger partial charge in [0.1, 0.15) is 5.75 Å². The molecule has 0 fully saturated rings. The van der Waals surface area contributed by atoms with Crippen LogP contribution >= 0.6 is 0 Å². The van der Waals surface area contributed by atoms with E-state index in [1.54, 1.807) is 18.2 Å². The topological polar surface area (TPSA) is 81.7 Å². The van der Waals surface area contributed by atoms with Gasteiger partial charge in [-0.3, -0.25) is 19.7 Å². The molecule has 152 valence electrons. The quantitative estimate of drug-likeness (QED) is 0.612. The lowest BCUT2D eigenvalue weighted by atomic mass is 10.0. The van der Waals surface area contributed by atoms with Crippen molar-refractivity contribution in [1.29, 1.82) is 0 Å². The zero-order valence-electron chi connectivity index (χ0n) is 16.5. The summed E-state index contributed by atoms with van der Waals surface area (Å²) in [6, 6.07) is 24.0. The van der Waals surface area contributed by atoms with Gasteiger partial charge in [-0.05, 0) is 28.8 Å². The average Bonchev–Trinajstić information content (AvgIpc) is 2.78. The maximum absolute atomic E-state index is 12.2. The second-order valence-electron chi connectivity index (χ2n) is 6.48. The van der Waals surface area contributed by atoms with Crippen molar-refractivity contribution in [3.05, 3.63) is 90.0 Å². The first-order chi connectivity index (χ1) is 14.6. The van der Waals surface area contributed by atoms with Crippen LogP contribution in [0.1, 0.15) is 15.9 Å². The fourth-order valence-electron chi connectivity index (χ4n) is 2.87. The van der Waals surface area contributed by atoms with Gasteiger partial charge in [-0.2, -0.15) is 0 Å². The normalized spacial score (nSPS) is 10.2. The lowest BCUT2D eigenvalue weighted by molar-refractivity contribution is -0.147. The monoisotopic (exact) mass is 403 g/mol. The van der Waals surface area contributed by atoms with Gasteiger partial charge in [-0.1, -0.05) is 66.7 Å². The van der Waals surface area contributed by atoms with Crippen molar-refractivity contribution in [2.75, 3.05) is 13.7 Å². The number of nitrogens with one attached hydrogen (secondary N) is 1. The highest BCUT2D eigenvalue weighted by Gasteiger charge is 2.16. The van der Waals surface area contributed by atoms with Gasteiger partial charge in [0, 0.05) is 0 Å². The van der Waals surface area contributed by atoms with Crippen LogP contribution in [0.3, 0.4) is 0 Å². The van der Waals surface area contributed by atoms with Gasteiger partial charge in [0.25, 0.3) is 11.8 Å². The number of carbonyl (C=O) groups is 3. The van der Waals surface area contributed by atoms with Gasteiger partial charge >= 0.3 is 5.97 Å². The molecule has 3 rings (SSSR count). The number of ether oxygens (including phenoxy) is 2. The third-order valence-corrected chi connectivity index (χ3v) is 4.38. The van der Waals surface area contributed by atoms with Crippen LogP contribution in [0.5, 0.6) is 5.75 Å². The number of amides is 2. The summed E-state index contributed by atoms with van der Waals surface area (Å²) in [5.41, 5.74) is 3.12. The average molecular weight is 403 g/mol. The van der Waals surface area contributed by atoms with Crippen molar-refractivity contribution in [1.82, 2.24) is 5.32 Å². The van der Waals surface area contributed by atoms with Crippen LogP contribution in [0.25, 0.3) is 11.1 Å². The second-order valence-corrected chi connectivity index (χ2v) is 6.48. The van der Waals surface area contributed by atoms with Crippen molar-refractivity contribution < 1.29 is 23.9 Å². The standard InChI is InChI=1S/C24H21NO5/c1-29-21-10-6-5-9-20(21)24(28)25-22(26)16-30-23(27)15-17-11-13-19(14-12-17)18-7-3-2-4-8-18/h2-14H,15-16H2,1H3,(H,25,26,28). The van der Waals surface area contributed by atoms with Gasteiger partial charge in [0.15, 0.2) is 6.61 Å². The Morgan fingerprint density at radius 1 is 0.800 bits per heavy atom. The number of hydrogen-bond donors (Lipinski definition) is 1. The van der Waals surface area contributed by atoms with E-state index >= 15 is 0 Å². The molecule has 0 saturated heterocycles. The SMILES string of the molecule is COc1ccccc1C(=O)NC(=O)COC(=O)Cc1ccc(-c2ccccc2)cc1. The lowest BCUT2D eigenvalue weighted by Gasteiger charge is -2.09. The second kappa shape index (κ2) is 10.0. The number of imide groups is 1. The Morgan fingerprint density at radius 3 is 2.13 bits per heavy atom. The molecular weight excluding hydrogens is 382 g/mol. The molecule has 2 amide bonds. The number of methoxy groups -OCH3 is 1. The number of para-hydroxylation sites is 1. The van der Waals surface area contributed by atoms with Crippen molar-refractivity contribution >= 4 is 17.8 Å². The number of rotatable bonds is 7. The van der Waals surface area contributed by atoms with Gasteiger partial charge < -0.3 is 9.47 Å². The van der Waals surface area contributed by atoms with Crippen molar-refractivity contribution in [3.8, 4) is 16.9 Å². The Hall–Kier alpha value is -3.93. The van der Waals surface area contributed by atoms with Crippen LogP contribution in [-0.4, -0.2) is 31.5 Å². The minimum Gasteiger partial charge on any atom is -0.496 e. The predicted molar refractivity (Wildman–Crippen MR) is 112 cm³/mol. The van der Waals surface area contributed by atoms with E-state index in [0.29, 0.717) is 5.75 Å². The number of esters is 1. The van der Waals surface area contributed by atoms with E-state index in [1.165, 1.54) is 13.2 Å². The summed E-state index contributed by atoms with van der Waals surface area (Å²) in [4.78, 5) is 36.1. The first-order valence-corrected chi connectivity index (χ1v) is 9.34. The molecule has 0 saturated carbocycles. The van der Waals surface area contributed by atoms with Gasteiger partial charge in [-0.25, -0.2) is 0 Å². The highest BCUT2D eigenvalue weighted by Crippen LogP contribution is 2.19. The third-order valence-electron chi connectivity index (χ3n) is 4.38. The summed E-state index contributed by atoms with van der Waals surface area (Å²) in [7, 11) is 1.43. The predicted octanol–water partition coefficient (Wildman–Crippen LogP) is 3.40. The molecule has 3 aromatic carbocycles. The summed E-state index contributed by atoms with van der Waals surface area (Å²) in [5.74, 6) is -1.54. The first kappa shape index (κ1) is 20.8. The van der Waals surface area contributed by atoms with Gasteiger partial charge in [-0.15, -0.1) is 0 Å². The molecule has 3 aromatic rings. The minimum absolute atomic E-state index is 0.0306. The fraction of sp³-hybridized carbons (Fsp3) is 0.125.